The molecule has 2 rings (SSSR count). The molecule has 1 aromatic rings. The van der Waals surface area contributed by atoms with E-state index in [9.17, 15) is 9.90 Å². The normalized spacial score (nSPS) is 17.8. The molecule has 0 amide bonds. The minimum atomic E-state index is -0.783. The van der Waals surface area contributed by atoms with Crippen LogP contribution in [-0.2, 0) is 16.0 Å². The molecule has 5 nitrogen and oxygen atoms in total. The predicted octanol–water partition coefficient (Wildman–Crippen LogP) is 2.40. The van der Waals surface area contributed by atoms with Crippen molar-refractivity contribution in [2.45, 2.75) is 45.3 Å². The number of hydrogen-bond acceptors (Lipinski definition) is 5. The Morgan fingerprint density at radius 1 is 1.52 bits per heavy atom. The second-order valence-corrected chi connectivity index (χ2v) is 5.19. The number of methoxy groups -OCH3 is 1. The highest BCUT2D eigenvalue weighted by atomic mass is 16.5. The van der Waals surface area contributed by atoms with Gasteiger partial charge in [0.1, 0.15) is 17.6 Å². The third-order valence-corrected chi connectivity index (χ3v) is 3.53. The first-order chi connectivity index (χ1) is 10.0. The van der Waals surface area contributed by atoms with Gasteiger partial charge >= 0.3 is 5.97 Å². The standard InChI is InChI=1S/C16H22O5/c1-4-20-16(18)6-5-13(17)12-9-14-11(7-10(2)21-14)8-15(12)19-3/h8-10,13,17H,4-7H2,1-3H3. The zero-order valence-corrected chi connectivity index (χ0v) is 12.7. The maximum absolute atomic E-state index is 11.4. The first-order valence-corrected chi connectivity index (χ1v) is 7.26. The number of esters is 1. The Hall–Kier alpha value is -1.75. The largest absolute Gasteiger partial charge is 0.496 e. The molecule has 21 heavy (non-hydrogen) atoms. The number of aliphatic hydroxyl groups excluding tert-OH is 1. The third kappa shape index (κ3) is 3.67. The summed E-state index contributed by atoms with van der Waals surface area (Å²) in [5.41, 5.74) is 1.73. The molecule has 0 fully saturated rings. The minimum absolute atomic E-state index is 0.136. The lowest BCUT2D eigenvalue weighted by Crippen LogP contribution is -2.08. The Labute approximate surface area is 124 Å². The zero-order valence-electron chi connectivity index (χ0n) is 12.7. The van der Waals surface area contributed by atoms with Gasteiger partial charge in [0.2, 0.25) is 0 Å². The SMILES string of the molecule is CCOC(=O)CCC(O)c1cc2c(cc1OC)CC(C)O2. The molecule has 1 N–H and O–H groups in total. The summed E-state index contributed by atoms with van der Waals surface area (Å²) in [4.78, 5) is 11.4. The van der Waals surface area contributed by atoms with Crippen LogP contribution >= 0.6 is 0 Å². The van der Waals surface area contributed by atoms with Gasteiger partial charge in [-0.3, -0.25) is 4.79 Å². The van der Waals surface area contributed by atoms with Crippen LogP contribution < -0.4 is 9.47 Å². The molecule has 1 aromatic carbocycles. The average Bonchev–Trinajstić information content (AvgIpc) is 2.82. The van der Waals surface area contributed by atoms with Crippen LogP contribution in [0.1, 0.15) is 43.9 Å². The van der Waals surface area contributed by atoms with Crippen LogP contribution in [0.2, 0.25) is 0 Å². The predicted molar refractivity (Wildman–Crippen MR) is 77.6 cm³/mol. The summed E-state index contributed by atoms with van der Waals surface area (Å²) >= 11 is 0. The van der Waals surface area contributed by atoms with Crippen molar-refractivity contribution in [3.05, 3.63) is 23.3 Å². The van der Waals surface area contributed by atoms with E-state index in [1.54, 1.807) is 14.0 Å². The van der Waals surface area contributed by atoms with Crippen LogP contribution in [0.15, 0.2) is 12.1 Å². The average molecular weight is 294 g/mol. The van der Waals surface area contributed by atoms with Crippen molar-refractivity contribution >= 4 is 5.97 Å². The number of benzene rings is 1. The summed E-state index contributed by atoms with van der Waals surface area (Å²) in [6, 6.07) is 3.72. The number of fused-ring (bicyclic) bond motifs is 1. The number of aliphatic hydroxyl groups is 1. The molecule has 0 saturated heterocycles. The topological polar surface area (TPSA) is 65.0 Å². The molecule has 0 aromatic heterocycles. The maximum Gasteiger partial charge on any atom is 0.305 e. The van der Waals surface area contributed by atoms with Crippen molar-refractivity contribution in [1.82, 2.24) is 0 Å². The zero-order chi connectivity index (χ0) is 15.4. The number of carbonyl (C=O) groups excluding carboxylic acids is 1. The van der Waals surface area contributed by atoms with Crippen molar-refractivity contribution in [2.24, 2.45) is 0 Å². The number of hydrogen-bond donors (Lipinski definition) is 1. The van der Waals surface area contributed by atoms with Crippen molar-refractivity contribution < 1.29 is 24.1 Å². The summed E-state index contributed by atoms with van der Waals surface area (Å²) in [5.74, 6) is 1.11. The van der Waals surface area contributed by atoms with E-state index in [0.29, 0.717) is 24.3 Å². The lowest BCUT2D eigenvalue weighted by Gasteiger charge is -2.16. The van der Waals surface area contributed by atoms with Gasteiger partial charge in [-0.05, 0) is 32.4 Å². The van der Waals surface area contributed by atoms with E-state index < -0.39 is 6.10 Å². The van der Waals surface area contributed by atoms with Gasteiger partial charge in [0.05, 0.1) is 19.8 Å². The highest BCUT2D eigenvalue weighted by molar-refractivity contribution is 5.69. The van der Waals surface area contributed by atoms with Gasteiger partial charge in [-0.2, -0.15) is 0 Å². The van der Waals surface area contributed by atoms with Gasteiger partial charge in [-0.15, -0.1) is 0 Å². The van der Waals surface area contributed by atoms with Gasteiger partial charge in [-0.1, -0.05) is 0 Å². The van der Waals surface area contributed by atoms with Crippen LogP contribution in [0, 0.1) is 0 Å². The van der Waals surface area contributed by atoms with E-state index in [-0.39, 0.29) is 18.5 Å². The molecular formula is C16H22O5. The quantitative estimate of drug-likeness (QED) is 0.816. The lowest BCUT2D eigenvalue weighted by molar-refractivity contribution is -0.143. The molecule has 1 heterocycles. The first kappa shape index (κ1) is 15.6. The van der Waals surface area contributed by atoms with E-state index in [1.807, 2.05) is 19.1 Å². The molecule has 0 saturated carbocycles. The van der Waals surface area contributed by atoms with Crippen LogP contribution in [0.25, 0.3) is 0 Å². The molecule has 5 heteroatoms. The molecule has 116 valence electrons. The molecule has 1 aliphatic rings. The number of carbonyl (C=O) groups is 1. The van der Waals surface area contributed by atoms with E-state index in [0.717, 1.165) is 17.7 Å². The van der Waals surface area contributed by atoms with Crippen molar-refractivity contribution in [1.29, 1.82) is 0 Å². The Bertz CT molecular complexity index is 512. The van der Waals surface area contributed by atoms with E-state index in [1.165, 1.54) is 0 Å². The lowest BCUT2D eigenvalue weighted by atomic mass is 10.00. The fraction of sp³-hybridized carbons (Fsp3) is 0.562. The Morgan fingerprint density at radius 3 is 2.95 bits per heavy atom. The van der Waals surface area contributed by atoms with Gasteiger partial charge < -0.3 is 19.3 Å². The Kier molecular flexibility index (Phi) is 5.07. The fourth-order valence-electron chi connectivity index (χ4n) is 2.54. The van der Waals surface area contributed by atoms with Crippen molar-refractivity contribution in [3.8, 4) is 11.5 Å². The van der Waals surface area contributed by atoms with Crippen LogP contribution in [0.4, 0.5) is 0 Å². The summed E-state index contributed by atoms with van der Waals surface area (Å²) in [5, 5.41) is 10.3. The fourth-order valence-corrected chi connectivity index (χ4v) is 2.54. The third-order valence-electron chi connectivity index (χ3n) is 3.53. The number of rotatable bonds is 6. The highest BCUT2D eigenvalue weighted by Crippen LogP contribution is 2.38. The minimum Gasteiger partial charge on any atom is -0.496 e. The van der Waals surface area contributed by atoms with Crippen LogP contribution in [0.5, 0.6) is 11.5 Å². The summed E-state index contributed by atoms with van der Waals surface area (Å²) in [7, 11) is 1.57. The van der Waals surface area contributed by atoms with E-state index in [2.05, 4.69) is 0 Å². The molecule has 0 radical (unpaired) electrons. The van der Waals surface area contributed by atoms with Gasteiger partial charge in [0, 0.05) is 24.0 Å². The monoisotopic (exact) mass is 294 g/mol. The van der Waals surface area contributed by atoms with Gasteiger partial charge in [0.25, 0.3) is 0 Å². The molecule has 0 bridgehead atoms. The van der Waals surface area contributed by atoms with Crippen molar-refractivity contribution in [2.75, 3.05) is 13.7 Å². The molecule has 2 atom stereocenters. The molecule has 0 aliphatic carbocycles. The highest BCUT2D eigenvalue weighted by Gasteiger charge is 2.24. The van der Waals surface area contributed by atoms with Gasteiger partial charge in [0.15, 0.2) is 0 Å². The van der Waals surface area contributed by atoms with Crippen molar-refractivity contribution in [3.63, 3.8) is 0 Å². The summed E-state index contributed by atoms with van der Waals surface area (Å²) < 4.78 is 15.9. The van der Waals surface area contributed by atoms with E-state index >= 15 is 0 Å². The first-order valence-electron chi connectivity index (χ1n) is 7.26. The molecule has 1 aliphatic heterocycles. The van der Waals surface area contributed by atoms with Crippen LogP contribution in [0.3, 0.4) is 0 Å². The molecule has 2 unspecified atom stereocenters. The second kappa shape index (κ2) is 6.80. The smallest absolute Gasteiger partial charge is 0.305 e. The second-order valence-electron chi connectivity index (χ2n) is 5.19. The maximum atomic E-state index is 11.4. The molecular weight excluding hydrogens is 272 g/mol. The van der Waals surface area contributed by atoms with Gasteiger partial charge in [-0.25, -0.2) is 0 Å². The summed E-state index contributed by atoms with van der Waals surface area (Å²) in [6.07, 6.45) is 0.659. The number of ether oxygens (including phenoxy) is 3. The Balaban J connectivity index is 2.11. The van der Waals surface area contributed by atoms with Crippen LogP contribution in [-0.4, -0.2) is 30.9 Å². The summed E-state index contributed by atoms with van der Waals surface area (Å²) in [6.45, 7) is 4.11. The Morgan fingerprint density at radius 2 is 2.29 bits per heavy atom. The molecule has 0 spiro atoms. The van der Waals surface area contributed by atoms with E-state index in [4.69, 9.17) is 14.2 Å².